The molecule has 0 unspecified atom stereocenters. The minimum absolute atomic E-state index is 0.0288. The summed E-state index contributed by atoms with van der Waals surface area (Å²) in [4.78, 5) is 9.46. The van der Waals surface area contributed by atoms with E-state index in [-0.39, 0.29) is 10.8 Å². The van der Waals surface area contributed by atoms with Gasteiger partial charge in [-0.3, -0.25) is 0 Å². The van der Waals surface area contributed by atoms with Gasteiger partial charge in [0.25, 0.3) is 0 Å². The van der Waals surface area contributed by atoms with E-state index < -0.39 is 0 Å². The maximum Gasteiger partial charge on any atom is 0.116 e. The standard InChI is InChI=1S/C36H36N2S/c1-22-14-29-27-13-12-23(20-35(2,3)4)15-33(27)39-34(29)18-28(22)32-19-31(37-21-38-32)25-16-24-10-8-9-11-26(24)30(17-25)36(5,6)7/h8-19,21H,20H2,1-7H3. The summed E-state index contributed by atoms with van der Waals surface area (Å²) >= 11 is 1.88. The molecule has 0 aliphatic rings. The Balaban J connectivity index is 1.45. The van der Waals surface area contributed by atoms with Gasteiger partial charge in [-0.1, -0.05) is 77.9 Å². The van der Waals surface area contributed by atoms with Gasteiger partial charge in [0.1, 0.15) is 6.33 Å². The third-order valence-electron chi connectivity index (χ3n) is 7.53. The number of aryl methyl sites for hydroxylation is 1. The Bertz CT molecular complexity index is 1860. The molecule has 2 aromatic heterocycles. The van der Waals surface area contributed by atoms with Crippen LogP contribution in [0.3, 0.4) is 0 Å². The van der Waals surface area contributed by atoms with Crippen LogP contribution < -0.4 is 0 Å². The molecule has 0 bridgehead atoms. The van der Waals surface area contributed by atoms with Crippen LogP contribution in [0.1, 0.15) is 58.2 Å². The van der Waals surface area contributed by atoms with Crippen LogP contribution in [0.25, 0.3) is 53.5 Å². The molecule has 39 heavy (non-hydrogen) atoms. The highest BCUT2D eigenvalue weighted by Gasteiger charge is 2.19. The van der Waals surface area contributed by atoms with Gasteiger partial charge in [0, 0.05) is 31.3 Å². The first kappa shape index (κ1) is 25.7. The molecule has 0 aliphatic carbocycles. The molecule has 0 aliphatic heterocycles. The molecular weight excluding hydrogens is 492 g/mol. The second-order valence-corrected chi connectivity index (χ2v) is 14.2. The number of hydrogen-bond donors (Lipinski definition) is 0. The molecule has 196 valence electrons. The second-order valence-electron chi connectivity index (χ2n) is 13.1. The number of fused-ring (bicyclic) bond motifs is 4. The molecule has 2 nitrogen and oxygen atoms in total. The smallest absolute Gasteiger partial charge is 0.116 e. The monoisotopic (exact) mass is 528 g/mol. The van der Waals surface area contributed by atoms with E-state index in [1.165, 1.54) is 53.2 Å². The number of nitrogens with zero attached hydrogens (tertiary/aromatic N) is 2. The largest absolute Gasteiger partial charge is 0.236 e. The lowest BCUT2D eigenvalue weighted by molar-refractivity contribution is 0.411. The average Bonchev–Trinajstić information content (AvgIpc) is 3.22. The molecule has 6 aromatic rings. The van der Waals surface area contributed by atoms with Gasteiger partial charge in [-0.2, -0.15) is 0 Å². The van der Waals surface area contributed by atoms with Crippen LogP contribution in [0.2, 0.25) is 0 Å². The SMILES string of the molecule is Cc1cc2c(cc1-c1cc(-c3cc(C(C)(C)C)c4ccccc4c3)ncn1)sc1cc(CC(C)(C)C)ccc12. The van der Waals surface area contributed by atoms with Gasteiger partial charge in [0.2, 0.25) is 0 Å². The Hall–Kier alpha value is -3.56. The van der Waals surface area contributed by atoms with E-state index in [9.17, 15) is 0 Å². The molecule has 0 saturated carbocycles. The lowest BCUT2D eigenvalue weighted by Gasteiger charge is -2.22. The number of hydrogen-bond acceptors (Lipinski definition) is 3. The molecule has 0 atom stereocenters. The Labute approximate surface area is 235 Å². The van der Waals surface area contributed by atoms with E-state index in [0.717, 1.165) is 23.4 Å². The zero-order valence-corrected chi connectivity index (χ0v) is 24.8. The van der Waals surface area contributed by atoms with E-state index in [4.69, 9.17) is 9.97 Å². The number of thiophene rings is 1. The summed E-state index contributed by atoms with van der Waals surface area (Å²) in [5, 5.41) is 5.22. The highest BCUT2D eigenvalue weighted by Crippen LogP contribution is 2.40. The lowest BCUT2D eigenvalue weighted by Crippen LogP contribution is -2.12. The minimum atomic E-state index is 0.0288. The fraction of sp³-hybridized carbons (Fsp3) is 0.278. The van der Waals surface area contributed by atoms with Crippen molar-refractivity contribution in [2.45, 2.75) is 60.3 Å². The van der Waals surface area contributed by atoms with Gasteiger partial charge in [-0.25, -0.2) is 9.97 Å². The maximum absolute atomic E-state index is 4.74. The van der Waals surface area contributed by atoms with Gasteiger partial charge in [0.05, 0.1) is 11.4 Å². The van der Waals surface area contributed by atoms with Crippen molar-refractivity contribution in [1.29, 1.82) is 0 Å². The van der Waals surface area contributed by atoms with Crippen molar-refractivity contribution >= 4 is 42.3 Å². The Morgan fingerprint density at radius 3 is 2.21 bits per heavy atom. The van der Waals surface area contributed by atoms with Crippen LogP contribution in [0.15, 0.2) is 79.1 Å². The zero-order chi connectivity index (χ0) is 27.5. The van der Waals surface area contributed by atoms with Crippen molar-refractivity contribution in [1.82, 2.24) is 9.97 Å². The predicted molar refractivity (Wildman–Crippen MR) is 170 cm³/mol. The molecule has 0 radical (unpaired) electrons. The molecule has 4 aromatic carbocycles. The first-order valence-corrected chi connectivity index (χ1v) is 14.6. The van der Waals surface area contributed by atoms with Crippen LogP contribution in [-0.4, -0.2) is 9.97 Å². The van der Waals surface area contributed by atoms with Gasteiger partial charge in [-0.05, 0) is 88.0 Å². The summed E-state index contributed by atoms with van der Waals surface area (Å²) in [6.45, 7) is 15.9. The maximum atomic E-state index is 4.74. The quantitative estimate of drug-likeness (QED) is 0.228. The molecule has 0 fully saturated rings. The van der Waals surface area contributed by atoms with Crippen LogP contribution in [0.5, 0.6) is 0 Å². The van der Waals surface area contributed by atoms with Crippen molar-refractivity contribution in [2.75, 3.05) is 0 Å². The van der Waals surface area contributed by atoms with Gasteiger partial charge in [-0.15, -0.1) is 11.3 Å². The predicted octanol–water partition coefficient (Wildman–Crippen LogP) is 10.5. The first-order valence-electron chi connectivity index (χ1n) is 13.8. The number of aromatic nitrogens is 2. The topological polar surface area (TPSA) is 25.8 Å². The summed E-state index contributed by atoms with van der Waals surface area (Å²) < 4.78 is 2.66. The van der Waals surface area contributed by atoms with Gasteiger partial charge in [0.15, 0.2) is 0 Å². The first-order chi connectivity index (χ1) is 18.5. The minimum Gasteiger partial charge on any atom is -0.236 e. The zero-order valence-electron chi connectivity index (χ0n) is 24.0. The van der Waals surface area contributed by atoms with E-state index in [1.807, 2.05) is 11.3 Å². The van der Waals surface area contributed by atoms with E-state index in [2.05, 4.69) is 121 Å². The molecular formula is C36H36N2S. The molecule has 0 spiro atoms. The fourth-order valence-corrected chi connectivity index (χ4v) is 6.91. The third-order valence-corrected chi connectivity index (χ3v) is 8.64. The fourth-order valence-electron chi connectivity index (χ4n) is 5.71. The highest BCUT2D eigenvalue weighted by molar-refractivity contribution is 7.25. The average molecular weight is 529 g/mol. The van der Waals surface area contributed by atoms with E-state index in [0.29, 0.717) is 0 Å². The molecule has 0 N–H and O–H groups in total. The lowest BCUT2D eigenvalue weighted by atomic mass is 9.82. The summed E-state index contributed by atoms with van der Waals surface area (Å²) in [6.07, 6.45) is 2.79. The normalized spacial score (nSPS) is 12.6. The second kappa shape index (κ2) is 9.27. The summed E-state index contributed by atoms with van der Waals surface area (Å²) in [6, 6.07) is 27.0. The molecule has 3 heteroatoms. The molecule has 0 saturated heterocycles. The third kappa shape index (κ3) is 4.96. The van der Waals surface area contributed by atoms with Crippen molar-refractivity contribution in [3.63, 3.8) is 0 Å². The van der Waals surface area contributed by atoms with E-state index >= 15 is 0 Å². The van der Waals surface area contributed by atoms with Gasteiger partial charge < -0.3 is 0 Å². The Kier molecular flexibility index (Phi) is 6.11. The molecule has 6 rings (SSSR count). The van der Waals surface area contributed by atoms with Crippen molar-refractivity contribution < 1.29 is 0 Å². The van der Waals surface area contributed by atoms with Crippen molar-refractivity contribution in [3.05, 3.63) is 95.8 Å². The number of rotatable bonds is 3. The van der Waals surface area contributed by atoms with Crippen molar-refractivity contribution in [2.24, 2.45) is 5.41 Å². The summed E-state index contributed by atoms with van der Waals surface area (Å²) in [5.74, 6) is 0. The highest BCUT2D eigenvalue weighted by atomic mass is 32.1. The van der Waals surface area contributed by atoms with E-state index in [1.54, 1.807) is 6.33 Å². The van der Waals surface area contributed by atoms with Crippen LogP contribution in [0.4, 0.5) is 0 Å². The molecule has 2 heterocycles. The molecule has 0 amide bonds. The Morgan fingerprint density at radius 1 is 0.692 bits per heavy atom. The summed E-state index contributed by atoms with van der Waals surface area (Å²) in [5.41, 5.74) is 8.51. The van der Waals surface area contributed by atoms with Crippen molar-refractivity contribution in [3.8, 4) is 22.5 Å². The van der Waals surface area contributed by atoms with Crippen LogP contribution >= 0.6 is 11.3 Å². The summed E-state index contributed by atoms with van der Waals surface area (Å²) in [7, 11) is 0. The van der Waals surface area contributed by atoms with Gasteiger partial charge >= 0.3 is 0 Å². The van der Waals surface area contributed by atoms with Crippen LogP contribution in [0, 0.1) is 12.3 Å². The number of benzene rings is 4. The Morgan fingerprint density at radius 2 is 1.44 bits per heavy atom. The van der Waals surface area contributed by atoms with Crippen LogP contribution in [-0.2, 0) is 11.8 Å².